The van der Waals surface area contributed by atoms with Crippen LogP contribution in [0.3, 0.4) is 0 Å². The predicted octanol–water partition coefficient (Wildman–Crippen LogP) is 1.83. The number of nitrogens with zero attached hydrogens (tertiary/aromatic N) is 4. The third kappa shape index (κ3) is 4.50. The Morgan fingerprint density at radius 3 is 2.72 bits per heavy atom. The lowest BCUT2D eigenvalue weighted by Gasteiger charge is -2.32. The highest BCUT2D eigenvalue weighted by atomic mass is 32.2. The summed E-state index contributed by atoms with van der Waals surface area (Å²) in [7, 11) is 2.20. The Bertz CT molecular complexity index is 348. The molecule has 4 nitrogen and oxygen atoms in total. The average Bonchev–Trinajstić information content (AvgIpc) is 2.85. The number of thioether (sulfide) groups is 1. The van der Waals surface area contributed by atoms with E-state index in [4.69, 9.17) is 0 Å². The quantitative estimate of drug-likeness (QED) is 0.588. The van der Waals surface area contributed by atoms with E-state index < -0.39 is 0 Å². The number of likely N-dealkylation sites (N-methyl/N-ethyl adjacent to an activating group) is 1. The van der Waals surface area contributed by atoms with Crippen LogP contribution in [0.4, 0.5) is 0 Å². The molecule has 6 heteroatoms. The van der Waals surface area contributed by atoms with E-state index in [1.807, 2.05) is 11.8 Å². The van der Waals surface area contributed by atoms with Crippen LogP contribution in [0.15, 0.2) is 4.34 Å². The van der Waals surface area contributed by atoms with Gasteiger partial charge in [-0.05, 0) is 31.5 Å². The van der Waals surface area contributed by atoms with Gasteiger partial charge in [-0.3, -0.25) is 0 Å². The SMILES string of the molecule is CCc1nsc(SCCCN2CCN(C)CC2)n1. The minimum Gasteiger partial charge on any atom is -0.304 e. The van der Waals surface area contributed by atoms with E-state index in [0.29, 0.717) is 0 Å². The van der Waals surface area contributed by atoms with Crippen LogP contribution < -0.4 is 0 Å². The van der Waals surface area contributed by atoms with Gasteiger partial charge in [0, 0.05) is 38.4 Å². The molecule has 2 rings (SSSR count). The fourth-order valence-electron chi connectivity index (χ4n) is 1.96. The number of hydrogen-bond acceptors (Lipinski definition) is 6. The first-order chi connectivity index (χ1) is 8.78. The van der Waals surface area contributed by atoms with Crippen molar-refractivity contribution < 1.29 is 0 Å². The third-order valence-electron chi connectivity index (χ3n) is 3.21. The van der Waals surface area contributed by atoms with E-state index in [0.717, 1.165) is 22.3 Å². The maximum atomic E-state index is 4.47. The molecule has 1 aliphatic heterocycles. The number of rotatable bonds is 6. The molecule has 0 amide bonds. The van der Waals surface area contributed by atoms with E-state index in [-0.39, 0.29) is 0 Å². The fourth-order valence-corrected chi connectivity index (χ4v) is 3.65. The summed E-state index contributed by atoms with van der Waals surface area (Å²) < 4.78 is 5.44. The van der Waals surface area contributed by atoms with Gasteiger partial charge >= 0.3 is 0 Å². The molecule has 1 aromatic heterocycles. The number of aryl methyl sites for hydroxylation is 1. The lowest BCUT2D eigenvalue weighted by Crippen LogP contribution is -2.44. The molecule has 0 N–H and O–H groups in total. The Morgan fingerprint density at radius 2 is 2.06 bits per heavy atom. The Balaban J connectivity index is 1.58. The third-order valence-corrected chi connectivity index (χ3v) is 5.16. The van der Waals surface area contributed by atoms with Crippen molar-refractivity contribution in [1.29, 1.82) is 0 Å². The lowest BCUT2D eigenvalue weighted by atomic mass is 10.3. The lowest BCUT2D eigenvalue weighted by molar-refractivity contribution is 0.154. The van der Waals surface area contributed by atoms with Gasteiger partial charge in [0.05, 0.1) is 0 Å². The first kappa shape index (κ1) is 14.2. The Hall–Kier alpha value is -0.170. The fraction of sp³-hybridized carbons (Fsp3) is 0.833. The minimum atomic E-state index is 0.943. The molecular formula is C12H22N4S2. The molecule has 0 aliphatic carbocycles. The van der Waals surface area contributed by atoms with Gasteiger partial charge in [0.25, 0.3) is 0 Å². The molecule has 0 saturated carbocycles. The highest BCUT2D eigenvalue weighted by molar-refractivity contribution is 8.00. The van der Waals surface area contributed by atoms with Crippen LogP contribution in [0.25, 0.3) is 0 Å². The topological polar surface area (TPSA) is 32.3 Å². The molecule has 18 heavy (non-hydrogen) atoms. The molecule has 102 valence electrons. The van der Waals surface area contributed by atoms with Crippen LogP contribution in [-0.2, 0) is 6.42 Å². The molecule has 0 radical (unpaired) electrons. The molecule has 1 aromatic rings. The summed E-state index contributed by atoms with van der Waals surface area (Å²) in [5, 5.41) is 0. The highest BCUT2D eigenvalue weighted by Gasteiger charge is 2.12. The normalized spacial score (nSPS) is 18.3. The van der Waals surface area contributed by atoms with Crippen molar-refractivity contribution >= 4 is 23.3 Å². The van der Waals surface area contributed by atoms with Crippen molar-refractivity contribution in [2.75, 3.05) is 45.5 Å². The van der Waals surface area contributed by atoms with Crippen LogP contribution in [0.1, 0.15) is 19.2 Å². The summed E-state index contributed by atoms with van der Waals surface area (Å²) in [6.07, 6.45) is 2.19. The van der Waals surface area contributed by atoms with Crippen molar-refractivity contribution in [3.63, 3.8) is 0 Å². The van der Waals surface area contributed by atoms with Gasteiger partial charge in [-0.2, -0.15) is 4.37 Å². The van der Waals surface area contributed by atoms with Crippen molar-refractivity contribution in [3.8, 4) is 0 Å². The molecule has 0 aromatic carbocycles. The predicted molar refractivity (Wildman–Crippen MR) is 78.6 cm³/mol. The largest absolute Gasteiger partial charge is 0.304 e. The zero-order valence-corrected chi connectivity index (χ0v) is 12.9. The number of piperazine rings is 1. The standard InChI is InChI=1S/C12H22N4S2/c1-3-11-13-12(18-14-11)17-10-4-5-16-8-6-15(2)7-9-16/h3-10H2,1-2H3. The van der Waals surface area contributed by atoms with Crippen molar-refractivity contribution in [1.82, 2.24) is 19.2 Å². The summed E-state index contributed by atoms with van der Waals surface area (Å²) in [6, 6.07) is 0. The van der Waals surface area contributed by atoms with Gasteiger partial charge in [-0.15, -0.1) is 0 Å². The Kier molecular flexibility index (Phi) is 5.88. The highest BCUT2D eigenvalue weighted by Crippen LogP contribution is 2.21. The van der Waals surface area contributed by atoms with Crippen LogP contribution >= 0.6 is 23.3 Å². The molecule has 2 heterocycles. The van der Waals surface area contributed by atoms with E-state index in [2.05, 4.69) is 33.1 Å². The maximum absolute atomic E-state index is 4.47. The second kappa shape index (κ2) is 7.43. The minimum absolute atomic E-state index is 0.943. The summed E-state index contributed by atoms with van der Waals surface area (Å²) in [5.41, 5.74) is 0. The van der Waals surface area contributed by atoms with E-state index in [1.54, 1.807) is 11.5 Å². The van der Waals surface area contributed by atoms with Crippen LogP contribution in [0.5, 0.6) is 0 Å². The van der Waals surface area contributed by atoms with E-state index >= 15 is 0 Å². The number of aromatic nitrogens is 2. The Morgan fingerprint density at radius 1 is 1.28 bits per heavy atom. The van der Waals surface area contributed by atoms with Gasteiger partial charge < -0.3 is 9.80 Å². The summed E-state index contributed by atoms with van der Waals surface area (Å²) in [6.45, 7) is 8.19. The smallest absolute Gasteiger partial charge is 0.170 e. The van der Waals surface area contributed by atoms with Crippen LogP contribution in [0.2, 0.25) is 0 Å². The monoisotopic (exact) mass is 286 g/mol. The maximum Gasteiger partial charge on any atom is 0.170 e. The van der Waals surface area contributed by atoms with Crippen LogP contribution in [0, 0.1) is 0 Å². The van der Waals surface area contributed by atoms with Crippen LogP contribution in [-0.4, -0.2) is 64.7 Å². The van der Waals surface area contributed by atoms with Gasteiger partial charge in [-0.25, -0.2) is 4.98 Å². The molecule has 0 unspecified atom stereocenters. The number of hydrogen-bond donors (Lipinski definition) is 0. The second-order valence-electron chi connectivity index (χ2n) is 4.68. The molecule has 0 spiro atoms. The summed E-state index contributed by atoms with van der Waals surface area (Å²) in [5.74, 6) is 2.14. The molecular weight excluding hydrogens is 264 g/mol. The molecule has 1 saturated heterocycles. The molecule has 0 atom stereocenters. The Labute approximate surface area is 118 Å². The second-order valence-corrected chi connectivity index (χ2v) is 6.77. The summed E-state index contributed by atoms with van der Waals surface area (Å²) >= 11 is 3.40. The van der Waals surface area contributed by atoms with Crippen molar-refractivity contribution in [2.45, 2.75) is 24.1 Å². The van der Waals surface area contributed by atoms with E-state index in [1.165, 1.54) is 39.1 Å². The zero-order chi connectivity index (χ0) is 12.8. The molecule has 1 fully saturated rings. The van der Waals surface area contributed by atoms with E-state index in [9.17, 15) is 0 Å². The first-order valence-corrected chi connectivity index (χ1v) is 8.40. The summed E-state index contributed by atoms with van der Waals surface area (Å²) in [4.78, 5) is 9.44. The van der Waals surface area contributed by atoms with Gasteiger partial charge in [0.2, 0.25) is 0 Å². The van der Waals surface area contributed by atoms with Crippen molar-refractivity contribution in [2.24, 2.45) is 0 Å². The van der Waals surface area contributed by atoms with Gasteiger partial charge in [-0.1, -0.05) is 18.7 Å². The zero-order valence-electron chi connectivity index (χ0n) is 11.3. The first-order valence-electron chi connectivity index (χ1n) is 6.64. The molecule has 0 bridgehead atoms. The average molecular weight is 286 g/mol. The van der Waals surface area contributed by atoms with Gasteiger partial charge in [0.1, 0.15) is 5.82 Å². The van der Waals surface area contributed by atoms with Crippen molar-refractivity contribution in [3.05, 3.63) is 5.82 Å². The molecule has 1 aliphatic rings. The van der Waals surface area contributed by atoms with Gasteiger partial charge in [0.15, 0.2) is 4.34 Å².